The number of aliphatic hydroxyl groups is 1. The second-order valence-corrected chi connectivity index (χ2v) is 5.76. The van der Waals surface area contributed by atoms with E-state index in [2.05, 4.69) is 10.6 Å². The van der Waals surface area contributed by atoms with Gasteiger partial charge >= 0.3 is 18.0 Å². The number of aliphatic hydroxyl groups excluding tert-OH is 1. The first-order valence-corrected chi connectivity index (χ1v) is 8.38. The molecule has 6 nitrogen and oxygen atoms in total. The first-order chi connectivity index (χ1) is 13.2. The van der Waals surface area contributed by atoms with Gasteiger partial charge in [-0.05, 0) is 48.9 Å². The van der Waals surface area contributed by atoms with E-state index in [1.165, 1.54) is 0 Å². The topological polar surface area (TPSA) is 87.7 Å². The molecule has 150 valence electrons. The molecule has 0 aromatic heterocycles. The van der Waals surface area contributed by atoms with Gasteiger partial charge in [-0.25, -0.2) is 0 Å². The van der Waals surface area contributed by atoms with Crippen molar-refractivity contribution in [2.75, 3.05) is 18.5 Å². The third kappa shape index (κ3) is 5.98. The lowest BCUT2D eigenvalue weighted by atomic mass is 10.1. The molecule has 0 bridgehead atoms. The first kappa shape index (κ1) is 21.2. The fourth-order valence-corrected chi connectivity index (χ4v) is 2.27. The van der Waals surface area contributed by atoms with Crippen molar-refractivity contribution in [2.24, 2.45) is 0 Å². The molecule has 2 aromatic carbocycles. The zero-order chi connectivity index (χ0) is 20.7. The molecule has 9 heteroatoms. The van der Waals surface area contributed by atoms with Crippen molar-refractivity contribution in [1.82, 2.24) is 5.32 Å². The highest BCUT2D eigenvalue weighted by atomic mass is 19.4. The molecule has 2 rings (SSSR count). The molecule has 1 unspecified atom stereocenters. The smallest absolute Gasteiger partial charge is 0.416 e. The van der Waals surface area contributed by atoms with Crippen LogP contribution in [0.25, 0.3) is 0 Å². The Morgan fingerprint density at radius 2 is 1.64 bits per heavy atom. The van der Waals surface area contributed by atoms with Crippen LogP contribution >= 0.6 is 0 Å². The van der Waals surface area contributed by atoms with Crippen molar-refractivity contribution in [1.29, 1.82) is 0 Å². The van der Waals surface area contributed by atoms with Crippen molar-refractivity contribution < 1.29 is 32.6 Å². The molecule has 0 heterocycles. The maximum Gasteiger partial charge on any atom is 0.416 e. The van der Waals surface area contributed by atoms with Crippen LogP contribution in [0.15, 0.2) is 48.5 Å². The molecule has 1 atom stereocenters. The van der Waals surface area contributed by atoms with Crippen LogP contribution in [0.5, 0.6) is 5.75 Å². The van der Waals surface area contributed by atoms with Gasteiger partial charge in [0.15, 0.2) is 0 Å². The number of anilines is 1. The summed E-state index contributed by atoms with van der Waals surface area (Å²) in [4.78, 5) is 23.7. The molecule has 0 saturated carbocycles. The van der Waals surface area contributed by atoms with Crippen molar-refractivity contribution in [3.8, 4) is 5.75 Å². The van der Waals surface area contributed by atoms with Gasteiger partial charge in [-0.1, -0.05) is 12.1 Å². The quantitative estimate of drug-likeness (QED) is 0.656. The number of benzene rings is 2. The minimum absolute atomic E-state index is 0.181. The highest BCUT2D eigenvalue weighted by molar-refractivity contribution is 6.39. The molecule has 0 radical (unpaired) electrons. The third-order valence-corrected chi connectivity index (χ3v) is 3.71. The predicted molar refractivity (Wildman–Crippen MR) is 95.7 cm³/mol. The van der Waals surface area contributed by atoms with Crippen LogP contribution < -0.4 is 15.4 Å². The Hall–Kier alpha value is -3.07. The van der Waals surface area contributed by atoms with Gasteiger partial charge in [0.2, 0.25) is 0 Å². The summed E-state index contributed by atoms with van der Waals surface area (Å²) >= 11 is 0. The van der Waals surface area contributed by atoms with Gasteiger partial charge < -0.3 is 20.5 Å². The van der Waals surface area contributed by atoms with E-state index < -0.39 is 29.7 Å². The van der Waals surface area contributed by atoms with E-state index in [0.29, 0.717) is 18.0 Å². The maximum absolute atomic E-state index is 12.5. The number of hydrogen-bond acceptors (Lipinski definition) is 4. The molecular formula is C19H19F3N2O4. The van der Waals surface area contributed by atoms with Crippen molar-refractivity contribution in [2.45, 2.75) is 19.2 Å². The van der Waals surface area contributed by atoms with Gasteiger partial charge in [0.05, 0.1) is 18.3 Å². The highest BCUT2D eigenvalue weighted by Crippen LogP contribution is 2.29. The number of ether oxygens (including phenoxy) is 1. The number of nitrogens with one attached hydrogen (secondary N) is 2. The lowest BCUT2D eigenvalue weighted by molar-refractivity contribution is -0.137. The van der Waals surface area contributed by atoms with Crippen LogP contribution in [0.1, 0.15) is 24.2 Å². The zero-order valence-electron chi connectivity index (χ0n) is 14.9. The predicted octanol–water partition coefficient (Wildman–Crippen LogP) is 2.89. The molecule has 0 saturated heterocycles. The minimum atomic E-state index is -4.48. The lowest BCUT2D eigenvalue weighted by Crippen LogP contribution is -2.37. The second-order valence-electron chi connectivity index (χ2n) is 5.76. The summed E-state index contributed by atoms with van der Waals surface area (Å²) in [6, 6.07) is 10.3. The van der Waals surface area contributed by atoms with Gasteiger partial charge in [0.1, 0.15) is 5.75 Å². The standard InChI is InChI=1S/C19H19F3N2O4/c1-2-28-15-9-7-14(8-10-15)24-18(27)17(26)23-11-16(25)12-3-5-13(6-4-12)19(20,21)22/h3-10,16,25H,2,11H2,1H3,(H,23,26)(H,24,27). The summed E-state index contributed by atoms with van der Waals surface area (Å²) in [6.45, 7) is 2.00. The molecule has 2 amide bonds. The molecule has 2 aromatic rings. The zero-order valence-corrected chi connectivity index (χ0v) is 14.9. The van der Waals surface area contributed by atoms with Gasteiger partial charge in [0, 0.05) is 12.2 Å². The van der Waals surface area contributed by atoms with Crippen LogP contribution in [0, 0.1) is 0 Å². The lowest BCUT2D eigenvalue weighted by Gasteiger charge is -2.13. The van der Waals surface area contributed by atoms with E-state index in [9.17, 15) is 27.9 Å². The van der Waals surface area contributed by atoms with Gasteiger partial charge in [0.25, 0.3) is 0 Å². The molecule has 28 heavy (non-hydrogen) atoms. The molecule has 0 aliphatic rings. The molecular weight excluding hydrogens is 377 g/mol. The average Bonchev–Trinajstić information content (AvgIpc) is 2.67. The molecule has 0 aliphatic heterocycles. The van der Waals surface area contributed by atoms with Gasteiger partial charge in [-0.15, -0.1) is 0 Å². The monoisotopic (exact) mass is 396 g/mol. The summed E-state index contributed by atoms with van der Waals surface area (Å²) < 4.78 is 42.9. The van der Waals surface area contributed by atoms with E-state index in [-0.39, 0.29) is 12.1 Å². The van der Waals surface area contributed by atoms with E-state index in [1.54, 1.807) is 24.3 Å². The van der Waals surface area contributed by atoms with Crippen LogP contribution in [0.2, 0.25) is 0 Å². The summed E-state index contributed by atoms with van der Waals surface area (Å²) in [5.74, 6) is -1.31. The van der Waals surface area contributed by atoms with E-state index in [1.807, 2.05) is 6.92 Å². The Kier molecular flexibility index (Phi) is 7.00. The fourth-order valence-electron chi connectivity index (χ4n) is 2.27. The van der Waals surface area contributed by atoms with Crippen LogP contribution in [0.3, 0.4) is 0 Å². The molecule has 0 spiro atoms. The Morgan fingerprint density at radius 3 is 2.18 bits per heavy atom. The van der Waals surface area contributed by atoms with E-state index in [0.717, 1.165) is 24.3 Å². The minimum Gasteiger partial charge on any atom is -0.494 e. The summed E-state index contributed by atoms with van der Waals surface area (Å²) in [5, 5.41) is 14.6. The average molecular weight is 396 g/mol. The normalized spacial score (nSPS) is 12.2. The molecule has 0 fully saturated rings. The van der Waals surface area contributed by atoms with Crippen molar-refractivity contribution in [3.63, 3.8) is 0 Å². The number of hydrogen-bond donors (Lipinski definition) is 3. The Morgan fingerprint density at radius 1 is 1.04 bits per heavy atom. The van der Waals surface area contributed by atoms with Crippen LogP contribution in [-0.2, 0) is 15.8 Å². The SMILES string of the molecule is CCOc1ccc(NC(=O)C(=O)NCC(O)c2ccc(C(F)(F)F)cc2)cc1. The number of rotatable bonds is 6. The molecule has 0 aliphatic carbocycles. The highest BCUT2D eigenvalue weighted by Gasteiger charge is 2.30. The van der Waals surface area contributed by atoms with Crippen molar-refractivity contribution >= 4 is 17.5 Å². The Balaban J connectivity index is 1.85. The number of alkyl halides is 3. The number of halogens is 3. The number of carbonyl (C=O) groups is 2. The second kappa shape index (κ2) is 9.23. The van der Waals surface area contributed by atoms with Crippen molar-refractivity contribution in [3.05, 3.63) is 59.7 Å². The van der Waals surface area contributed by atoms with E-state index in [4.69, 9.17) is 4.74 Å². The summed E-state index contributed by atoms with van der Waals surface area (Å²) in [5.41, 5.74) is -0.283. The maximum atomic E-state index is 12.5. The van der Waals surface area contributed by atoms with Crippen LogP contribution in [0.4, 0.5) is 18.9 Å². The number of carbonyl (C=O) groups excluding carboxylic acids is 2. The third-order valence-electron chi connectivity index (χ3n) is 3.71. The van der Waals surface area contributed by atoms with Crippen LogP contribution in [-0.4, -0.2) is 30.1 Å². The Bertz CT molecular complexity index is 805. The molecule has 3 N–H and O–H groups in total. The summed E-state index contributed by atoms with van der Waals surface area (Å²) in [6.07, 6.45) is -5.74. The largest absolute Gasteiger partial charge is 0.494 e. The van der Waals surface area contributed by atoms with Gasteiger partial charge in [-0.2, -0.15) is 13.2 Å². The summed E-state index contributed by atoms with van der Waals surface area (Å²) in [7, 11) is 0. The van der Waals surface area contributed by atoms with E-state index >= 15 is 0 Å². The first-order valence-electron chi connectivity index (χ1n) is 8.38. The fraction of sp³-hybridized carbons (Fsp3) is 0.263. The number of amides is 2. The Labute approximate surface area is 159 Å². The van der Waals surface area contributed by atoms with Gasteiger partial charge in [-0.3, -0.25) is 9.59 Å².